The summed E-state index contributed by atoms with van der Waals surface area (Å²) in [6.07, 6.45) is 0. The van der Waals surface area contributed by atoms with Gasteiger partial charge in [0, 0.05) is 32.8 Å². The Hall–Kier alpha value is -4.85. The highest BCUT2D eigenvalue weighted by Crippen LogP contribution is 2.41. The van der Waals surface area contributed by atoms with Gasteiger partial charge in [-0.1, -0.05) is 97.1 Å². The number of fused-ring (bicyclic) bond motifs is 5. The Kier molecular flexibility index (Phi) is 5.99. The van der Waals surface area contributed by atoms with E-state index in [4.69, 9.17) is 28.7 Å². The van der Waals surface area contributed by atoms with Gasteiger partial charge in [0.15, 0.2) is 17.5 Å². The van der Waals surface area contributed by atoms with E-state index >= 15 is 0 Å². The normalized spacial score (nSPS) is 15.9. The topological polar surface area (TPSA) is 70.3 Å². The molecule has 0 unspecified atom stereocenters. The lowest BCUT2D eigenvalue weighted by Crippen LogP contribution is -2.41. The summed E-state index contributed by atoms with van der Waals surface area (Å²) in [5, 5.41) is 4.01. The number of hydrogen-bond acceptors (Lipinski definition) is 6. The Balaban J connectivity index is 1.38. The summed E-state index contributed by atoms with van der Waals surface area (Å²) in [5.74, 6) is 1.82. The van der Waals surface area contributed by atoms with E-state index in [9.17, 15) is 0 Å². The second-order valence-electron chi connectivity index (χ2n) is 12.3. The number of benzene rings is 5. The molecule has 0 amide bonds. The van der Waals surface area contributed by atoms with Gasteiger partial charge < -0.3 is 13.7 Å². The Morgan fingerprint density at radius 1 is 0.568 bits per heavy atom. The second kappa shape index (κ2) is 9.84. The lowest BCUT2D eigenvalue weighted by atomic mass is 9.79. The molecule has 8 rings (SSSR count). The van der Waals surface area contributed by atoms with E-state index in [0.717, 1.165) is 54.9 Å². The summed E-state index contributed by atoms with van der Waals surface area (Å²) < 4.78 is 19.4. The fourth-order valence-electron chi connectivity index (χ4n) is 5.86. The van der Waals surface area contributed by atoms with Gasteiger partial charge in [0.1, 0.15) is 11.2 Å². The first-order chi connectivity index (χ1) is 21.3. The fourth-order valence-corrected chi connectivity index (χ4v) is 5.86. The van der Waals surface area contributed by atoms with Crippen molar-refractivity contribution in [3.05, 3.63) is 109 Å². The maximum absolute atomic E-state index is 6.68. The molecule has 1 aliphatic heterocycles. The smallest absolute Gasteiger partial charge is 0.455 e. The van der Waals surface area contributed by atoms with Gasteiger partial charge in [-0.25, -0.2) is 15.0 Å². The van der Waals surface area contributed by atoms with Crippen LogP contribution >= 0.6 is 0 Å². The quantitative estimate of drug-likeness (QED) is 0.197. The predicted octanol–water partition coefficient (Wildman–Crippen LogP) is 8.22. The van der Waals surface area contributed by atoms with Crippen LogP contribution in [-0.4, -0.2) is 33.3 Å². The van der Waals surface area contributed by atoms with Crippen molar-refractivity contribution < 1.29 is 13.7 Å². The van der Waals surface area contributed by atoms with Gasteiger partial charge in [0.05, 0.1) is 11.2 Å². The molecule has 0 atom stereocenters. The average Bonchev–Trinajstić information content (AvgIpc) is 3.54. The minimum Gasteiger partial charge on any atom is -0.455 e. The van der Waals surface area contributed by atoms with Gasteiger partial charge >= 0.3 is 7.12 Å². The molecule has 0 bridgehead atoms. The van der Waals surface area contributed by atoms with Crippen molar-refractivity contribution >= 4 is 45.3 Å². The van der Waals surface area contributed by atoms with Gasteiger partial charge in [-0.3, -0.25) is 0 Å². The van der Waals surface area contributed by atoms with Crippen LogP contribution in [0.5, 0.6) is 0 Å². The van der Waals surface area contributed by atoms with Crippen molar-refractivity contribution in [2.75, 3.05) is 0 Å². The van der Waals surface area contributed by atoms with Crippen LogP contribution in [0.2, 0.25) is 0 Å². The molecular weight excluding hydrogens is 545 g/mol. The highest BCUT2D eigenvalue weighted by molar-refractivity contribution is 6.62. The van der Waals surface area contributed by atoms with E-state index in [1.54, 1.807) is 0 Å². The zero-order chi connectivity index (χ0) is 30.1. The summed E-state index contributed by atoms with van der Waals surface area (Å²) in [4.78, 5) is 15.0. The third kappa shape index (κ3) is 4.31. The minimum atomic E-state index is -0.487. The number of furan rings is 1. The second-order valence-corrected chi connectivity index (χ2v) is 12.3. The number of hydrogen-bond donors (Lipinski definition) is 0. The molecule has 0 aliphatic carbocycles. The highest BCUT2D eigenvalue weighted by atomic mass is 16.7. The fraction of sp³-hybridized carbons (Fsp3) is 0.162. The zero-order valence-corrected chi connectivity index (χ0v) is 25.0. The first kappa shape index (κ1) is 26.8. The summed E-state index contributed by atoms with van der Waals surface area (Å²) in [7, 11) is -0.487. The largest absolute Gasteiger partial charge is 0.494 e. The van der Waals surface area contributed by atoms with E-state index in [-0.39, 0.29) is 0 Å². The molecule has 5 aromatic carbocycles. The van der Waals surface area contributed by atoms with E-state index in [0.29, 0.717) is 17.5 Å². The molecule has 3 heterocycles. The van der Waals surface area contributed by atoms with Crippen LogP contribution < -0.4 is 5.46 Å². The molecule has 0 saturated carbocycles. The predicted molar refractivity (Wildman–Crippen MR) is 177 cm³/mol. The van der Waals surface area contributed by atoms with Crippen LogP contribution in [0.3, 0.4) is 0 Å². The van der Waals surface area contributed by atoms with Crippen molar-refractivity contribution in [3.8, 4) is 34.2 Å². The molecule has 6 nitrogen and oxygen atoms in total. The van der Waals surface area contributed by atoms with Crippen molar-refractivity contribution in [3.63, 3.8) is 0 Å². The van der Waals surface area contributed by atoms with Crippen molar-refractivity contribution in [2.45, 2.75) is 38.9 Å². The van der Waals surface area contributed by atoms with E-state index in [2.05, 4.69) is 58.0 Å². The molecule has 7 aromatic rings. The third-order valence-corrected chi connectivity index (χ3v) is 8.95. The SMILES string of the molecule is CC1(C)OB(c2ccc3c(c2)oc2c4ccccc4cc(-c4nc(-c5ccccc5)nc(-c5ccccc5)n4)c32)OC1(C)C. The van der Waals surface area contributed by atoms with Crippen molar-refractivity contribution in [2.24, 2.45) is 0 Å². The molecule has 1 fully saturated rings. The summed E-state index contributed by atoms with van der Waals surface area (Å²) in [6, 6.07) is 36.7. The van der Waals surface area contributed by atoms with Crippen LogP contribution in [0.4, 0.5) is 0 Å². The molecule has 2 aromatic heterocycles. The van der Waals surface area contributed by atoms with Gasteiger partial charge in [-0.15, -0.1) is 0 Å². The molecule has 0 radical (unpaired) electrons. The highest BCUT2D eigenvalue weighted by Gasteiger charge is 2.51. The third-order valence-electron chi connectivity index (χ3n) is 8.95. The number of nitrogens with zero attached hydrogens (tertiary/aromatic N) is 3. The van der Waals surface area contributed by atoms with E-state index in [1.165, 1.54) is 0 Å². The molecular formula is C37H30BN3O3. The molecule has 7 heteroatoms. The molecule has 0 N–H and O–H groups in total. The first-order valence-corrected chi connectivity index (χ1v) is 14.9. The van der Waals surface area contributed by atoms with Crippen LogP contribution in [0.15, 0.2) is 114 Å². The minimum absolute atomic E-state index is 0.435. The summed E-state index contributed by atoms with van der Waals surface area (Å²) in [5.41, 5.74) is 4.33. The average molecular weight is 575 g/mol. The van der Waals surface area contributed by atoms with Crippen molar-refractivity contribution in [1.29, 1.82) is 0 Å². The molecule has 1 saturated heterocycles. The number of aromatic nitrogens is 3. The Bertz CT molecular complexity index is 2120. The lowest BCUT2D eigenvalue weighted by molar-refractivity contribution is 0.00578. The van der Waals surface area contributed by atoms with E-state index in [1.807, 2.05) is 78.9 Å². The van der Waals surface area contributed by atoms with Crippen LogP contribution in [0.1, 0.15) is 27.7 Å². The Labute approximate surface area is 255 Å². The number of rotatable bonds is 4. The van der Waals surface area contributed by atoms with Gasteiger partial charge in [-0.2, -0.15) is 0 Å². The summed E-state index contributed by atoms with van der Waals surface area (Å²) in [6.45, 7) is 8.25. The van der Waals surface area contributed by atoms with Crippen LogP contribution in [-0.2, 0) is 9.31 Å². The maximum atomic E-state index is 6.68. The van der Waals surface area contributed by atoms with Crippen LogP contribution in [0, 0.1) is 0 Å². The summed E-state index contributed by atoms with van der Waals surface area (Å²) >= 11 is 0. The maximum Gasteiger partial charge on any atom is 0.494 e. The molecule has 1 aliphatic rings. The Morgan fingerprint density at radius 2 is 1.14 bits per heavy atom. The molecule has 214 valence electrons. The monoisotopic (exact) mass is 575 g/mol. The van der Waals surface area contributed by atoms with Gasteiger partial charge in [0.2, 0.25) is 0 Å². The standard InChI is InChI=1S/C37H30BN3O3/c1-36(2)37(3,4)44-38(43-36)26-19-20-28-30(22-26)42-32-27-18-12-11-17-25(27)21-29(31(28)32)35-40-33(23-13-7-5-8-14-23)39-34(41-35)24-15-9-6-10-16-24/h5-22H,1-4H3. The molecule has 44 heavy (non-hydrogen) atoms. The van der Waals surface area contributed by atoms with Crippen molar-refractivity contribution in [1.82, 2.24) is 15.0 Å². The van der Waals surface area contributed by atoms with Gasteiger partial charge in [-0.05, 0) is 50.7 Å². The lowest BCUT2D eigenvalue weighted by Gasteiger charge is -2.32. The zero-order valence-electron chi connectivity index (χ0n) is 25.0. The van der Waals surface area contributed by atoms with E-state index < -0.39 is 18.3 Å². The van der Waals surface area contributed by atoms with Crippen LogP contribution in [0.25, 0.3) is 66.9 Å². The first-order valence-electron chi connectivity index (χ1n) is 14.9. The van der Waals surface area contributed by atoms with Gasteiger partial charge in [0.25, 0.3) is 0 Å². The Morgan fingerprint density at radius 3 is 1.77 bits per heavy atom. The molecule has 0 spiro atoms.